The number of hydrogen-bond donors (Lipinski definition) is 1. The van der Waals surface area contributed by atoms with Crippen molar-refractivity contribution in [2.24, 2.45) is 0 Å². The van der Waals surface area contributed by atoms with Crippen LogP contribution < -0.4 is 5.32 Å². The third-order valence-corrected chi connectivity index (χ3v) is 5.51. The van der Waals surface area contributed by atoms with E-state index < -0.39 is 27.1 Å². The summed E-state index contributed by atoms with van der Waals surface area (Å²) in [7, 11) is 0. The third kappa shape index (κ3) is 4.55. The van der Waals surface area contributed by atoms with Crippen molar-refractivity contribution >= 4 is 40.2 Å². The Morgan fingerprint density at radius 1 is 1.14 bits per heavy atom. The van der Waals surface area contributed by atoms with E-state index in [4.69, 9.17) is 11.6 Å². The Balaban J connectivity index is 1.80. The van der Waals surface area contributed by atoms with Crippen molar-refractivity contribution in [3.8, 4) is 10.6 Å². The predicted octanol–water partition coefficient (Wildman–Crippen LogP) is 4.52. The number of rotatable bonds is 6. The molecule has 1 N–H and O–H groups in total. The number of nitrogens with zero attached hydrogens (tertiary/aromatic N) is 3. The second-order valence-corrected chi connectivity index (χ2v) is 7.43. The molecule has 0 aliphatic carbocycles. The minimum absolute atomic E-state index is 0.114. The van der Waals surface area contributed by atoms with Crippen molar-refractivity contribution in [1.29, 1.82) is 0 Å². The first kappa shape index (κ1) is 20.4. The molecule has 1 heterocycles. The van der Waals surface area contributed by atoms with Crippen LogP contribution in [0.2, 0.25) is 5.02 Å². The fourth-order valence-electron chi connectivity index (χ4n) is 2.54. The number of non-ortho nitro benzene ring substituents is 2. The van der Waals surface area contributed by atoms with Crippen molar-refractivity contribution in [2.45, 2.75) is 13.5 Å². The summed E-state index contributed by atoms with van der Waals surface area (Å²) in [5.41, 5.74) is 0.252. The van der Waals surface area contributed by atoms with E-state index in [1.165, 1.54) is 11.3 Å². The molecule has 0 radical (unpaired) electrons. The van der Waals surface area contributed by atoms with Crippen molar-refractivity contribution < 1.29 is 14.6 Å². The van der Waals surface area contributed by atoms with Crippen LogP contribution in [0.4, 0.5) is 11.4 Å². The molecule has 1 aromatic heterocycles. The van der Waals surface area contributed by atoms with E-state index >= 15 is 0 Å². The Morgan fingerprint density at radius 3 is 2.34 bits per heavy atom. The van der Waals surface area contributed by atoms with E-state index in [0.717, 1.165) is 28.6 Å². The fourth-order valence-corrected chi connectivity index (χ4v) is 3.86. The summed E-state index contributed by atoms with van der Waals surface area (Å²) in [6.07, 6.45) is 0. The number of halogens is 1. The lowest BCUT2D eigenvalue weighted by Gasteiger charge is -2.04. The summed E-state index contributed by atoms with van der Waals surface area (Å²) in [4.78, 5) is 38.0. The van der Waals surface area contributed by atoms with Gasteiger partial charge in [0.2, 0.25) is 0 Å². The van der Waals surface area contributed by atoms with Crippen LogP contribution >= 0.6 is 22.9 Å². The summed E-state index contributed by atoms with van der Waals surface area (Å²) < 4.78 is 0. The molecule has 3 aromatic rings. The van der Waals surface area contributed by atoms with Crippen LogP contribution in [-0.2, 0) is 6.54 Å². The van der Waals surface area contributed by atoms with E-state index in [2.05, 4.69) is 10.3 Å². The number of nitrogens with one attached hydrogen (secondary N) is 1. The molecule has 1 amide bonds. The van der Waals surface area contributed by atoms with Gasteiger partial charge in [0.1, 0.15) is 5.01 Å². The molecule has 3 rings (SSSR count). The van der Waals surface area contributed by atoms with Crippen molar-refractivity contribution in [3.63, 3.8) is 0 Å². The highest BCUT2D eigenvalue weighted by atomic mass is 35.5. The molecule has 0 aliphatic rings. The number of nitro benzene ring substituents is 2. The predicted molar refractivity (Wildman–Crippen MR) is 108 cm³/mol. The maximum atomic E-state index is 12.4. The van der Waals surface area contributed by atoms with Crippen molar-refractivity contribution in [3.05, 3.63) is 83.9 Å². The first-order valence-corrected chi connectivity index (χ1v) is 9.39. The van der Waals surface area contributed by atoms with E-state index in [-0.39, 0.29) is 12.1 Å². The molecule has 9 nitrogen and oxygen atoms in total. The fraction of sp³-hybridized carbons (Fsp3) is 0.111. The number of thiazole rings is 1. The van der Waals surface area contributed by atoms with Crippen LogP contribution in [0.25, 0.3) is 10.6 Å². The maximum absolute atomic E-state index is 12.4. The standard InChI is InChI=1S/C18H13ClN4O5S/c1-10-16(29-18(21-10)14-4-2-3-5-15(14)19)9-20-17(24)11-6-12(22(25)26)8-13(7-11)23(27)28/h2-8H,9H2,1H3,(H,20,24). The summed E-state index contributed by atoms with van der Waals surface area (Å²) in [5, 5.41) is 25.8. The molecule has 0 fully saturated rings. The first-order valence-electron chi connectivity index (χ1n) is 8.19. The van der Waals surface area contributed by atoms with Gasteiger partial charge >= 0.3 is 0 Å². The molecule has 0 saturated carbocycles. The normalized spacial score (nSPS) is 10.6. The van der Waals surface area contributed by atoms with Gasteiger partial charge in [-0.15, -0.1) is 11.3 Å². The van der Waals surface area contributed by atoms with Gasteiger partial charge in [0.25, 0.3) is 17.3 Å². The monoisotopic (exact) mass is 432 g/mol. The van der Waals surface area contributed by atoms with E-state index in [9.17, 15) is 25.0 Å². The molecule has 0 saturated heterocycles. The molecule has 0 aliphatic heterocycles. The molecule has 0 bridgehead atoms. The summed E-state index contributed by atoms with van der Waals surface area (Å²) in [5.74, 6) is -0.663. The van der Waals surface area contributed by atoms with Gasteiger partial charge < -0.3 is 5.32 Å². The topological polar surface area (TPSA) is 128 Å². The average molecular weight is 433 g/mol. The summed E-state index contributed by atoms with van der Waals surface area (Å²) >= 11 is 7.55. The van der Waals surface area contributed by atoms with Gasteiger partial charge in [-0.05, 0) is 13.0 Å². The largest absolute Gasteiger partial charge is 0.347 e. The van der Waals surface area contributed by atoms with E-state index in [0.29, 0.717) is 15.7 Å². The lowest BCUT2D eigenvalue weighted by molar-refractivity contribution is -0.394. The van der Waals surface area contributed by atoms with Gasteiger partial charge in [0.05, 0.1) is 38.7 Å². The van der Waals surface area contributed by atoms with E-state index in [1.54, 1.807) is 13.0 Å². The number of carbonyl (C=O) groups is 1. The summed E-state index contributed by atoms with van der Waals surface area (Å²) in [6.45, 7) is 1.90. The van der Waals surface area contributed by atoms with E-state index in [1.807, 2.05) is 18.2 Å². The highest BCUT2D eigenvalue weighted by Crippen LogP contribution is 2.32. The number of aryl methyl sites for hydroxylation is 1. The second-order valence-electron chi connectivity index (χ2n) is 5.94. The average Bonchev–Trinajstić information content (AvgIpc) is 3.06. The van der Waals surface area contributed by atoms with Gasteiger partial charge in [-0.1, -0.05) is 29.8 Å². The van der Waals surface area contributed by atoms with Crippen LogP contribution in [0.15, 0.2) is 42.5 Å². The number of carbonyl (C=O) groups excluding carboxylic acids is 1. The molecule has 0 spiro atoms. The molecular formula is C18H13ClN4O5S. The Hall–Kier alpha value is -3.37. The van der Waals surface area contributed by atoms with Crippen molar-refractivity contribution in [2.75, 3.05) is 0 Å². The van der Waals surface area contributed by atoms with Crippen LogP contribution in [0, 0.1) is 27.2 Å². The minimum Gasteiger partial charge on any atom is -0.347 e. The van der Waals surface area contributed by atoms with Crippen molar-refractivity contribution in [1.82, 2.24) is 10.3 Å². The lowest BCUT2D eigenvalue weighted by atomic mass is 10.1. The number of nitro groups is 2. The summed E-state index contributed by atoms with van der Waals surface area (Å²) in [6, 6.07) is 10.0. The molecule has 11 heteroatoms. The first-order chi connectivity index (χ1) is 13.8. The maximum Gasteiger partial charge on any atom is 0.277 e. The SMILES string of the molecule is Cc1nc(-c2ccccc2Cl)sc1CNC(=O)c1cc([N+](=O)[O-])cc([N+](=O)[O-])c1. The molecule has 0 atom stereocenters. The Labute approximate surface area is 173 Å². The zero-order valence-corrected chi connectivity index (χ0v) is 16.5. The molecule has 0 unspecified atom stereocenters. The van der Waals surface area contributed by atoms with Crippen LogP contribution in [0.1, 0.15) is 20.9 Å². The molecule has 148 valence electrons. The Bertz CT molecular complexity index is 1100. The van der Waals surface area contributed by atoms with Gasteiger partial charge in [0, 0.05) is 22.6 Å². The Morgan fingerprint density at radius 2 is 1.76 bits per heavy atom. The van der Waals surface area contributed by atoms with Crippen LogP contribution in [-0.4, -0.2) is 20.7 Å². The third-order valence-electron chi connectivity index (χ3n) is 3.99. The number of benzene rings is 2. The zero-order valence-electron chi connectivity index (χ0n) is 14.9. The number of aromatic nitrogens is 1. The van der Waals surface area contributed by atoms with Crippen LogP contribution in [0.3, 0.4) is 0 Å². The highest BCUT2D eigenvalue weighted by molar-refractivity contribution is 7.15. The zero-order chi connectivity index (χ0) is 21.1. The number of amides is 1. The molecular weight excluding hydrogens is 420 g/mol. The van der Waals surface area contributed by atoms with Gasteiger partial charge in [0.15, 0.2) is 0 Å². The quantitative estimate of drug-likeness (QED) is 0.450. The number of hydrogen-bond acceptors (Lipinski definition) is 7. The lowest BCUT2D eigenvalue weighted by Crippen LogP contribution is -2.22. The van der Waals surface area contributed by atoms with Gasteiger partial charge in [-0.3, -0.25) is 25.0 Å². The molecule has 29 heavy (non-hydrogen) atoms. The van der Waals surface area contributed by atoms with Crippen LogP contribution in [0.5, 0.6) is 0 Å². The molecule has 2 aromatic carbocycles. The second kappa shape index (κ2) is 8.33. The Kier molecular flexibility index (Phi) is 5.85. The van der Waals surface area contributed by atoms with Gasteiger partial charge in [-0.25, -0.2) is 4.98 Å². The van der Waals surface area contributed by atoms with Gasteiger partial charge in [-0.2, -0.15) is 0 Å². The minimum atomic E-state index is -0.785. The highest BCUT2D eigenvalue weighted by Gasteiger charge is 2.20. The smallest absolute Gasteiger partial charge is 0.277 e.